The van der Waals surface area contributed by atoms with Crippen molar-refractivity contribution in [3.8, 4) is 0 Å². The quantitative estimate of drug-likeness (QED) is 0.783. The summed E-state index contributed by atoms with van der Waals surface area (Å²) in [6, 6.07) is 2.06. The molecule has 0 saturated carbocycles. The highest BCUT2D eigenvalue weighted by Crippen LogP contribution is 2.37. The van der Waals surface area contributed by atoms with Crippen LogP contribution in [0.2, 0.25) is 0 Å². The number of rotatable bonds is 2. The summed E-state index contributed by atoms with van der Waals surface area (Å²) in [7, 11) is -3.30. The van der Waals surface area contributed by atoms with Gasteiger partial charge in [0.1, 0.15) is 11.6 Å². The van der Waals surface area contributed by atoms with Gasteiger partial charge in [0.05, 0.1) is 16.4 Å². The van der Waals surface area contributed by atoms with Crippen LogP contribution in [0.3, 0.4) is 0 Å². The molecule has 1 aliphatic heterocycles. The normalized spacial score (nSPS) is 24.1. The monoisotopic (exact) mass is 308 g/mol. The summed E-state index contributed by atoms with van der Waals surface area (Å²) in [6.07, 6.45) is 1.80. The minimum atomic E-state index is -3.30. The smallest absolute Gasteiger partial charge is 0.154 e. The highest BCUT2D eigenvalue weighted by atomic mass is 35.5. The molecule has 2 atom stereocenters. The Bertz CT molecular complexity index is 587. The Morgan fingerprint density at radius 3 is 2.58 bits per heavy atom. The first kappa shape index (κ1) is 14.7. The molecule has 0 N–H and O–H groups in total. The third-order valence-corrected chi connectivity index (χ3v) is 6.51. The average molecular weight is 309 g/mol. The van der Waals surface area contributed by atoms with Crippen molar-refractivity contribution in [3.05, 3.63) is 34.9 Å². The minimum absolute atomic E-state index is 0.0658. The second-order valence-electron chi connectivity index (χ2n) is 4.93. The maximum Gasteiger partial charge on any atom is 0.154 e. The van der Waals surface area contributed by atoms with Crippen LogP contribution < -0.4 is 0 Å². The van der Waals surface area contributed by atoms with E-state index in [1.54, 1.807) is 0 Å². The minimum Gasteiger partial charge on any atom is -0.228 e. The van der Waals surface area contributed by atoms with Gasteiger partial charge in [0.15, 0.2) is 9.84 Å². The fraction of sp³-hybridized carbons (Fsp3) is 0.538. The SMILES string of the molecule is Cc1cc(C(Cl)C2CCCCS2(=O)=O)c(F)cc1F. The van der Waals surface area contributed by atoms with Gasteiger partial charge >= 0.3 is 0 Å². The zero-order chi connectivity index (χ0) is 14.2. The lowest BCUT2D eigenvalue weighted by Gasteiger charge is -2.26. The van der Waals surface area contributed by atoms with E-state index in [1.807, 2.05) is 0 Å². The van der Waals surface area contributed by atoms with Crippen molar-refractivity contribution in [3.63, 3.8) is 0 Å². The Labute approximate surface area is 116 Å². The van der Waals surface area contributed by atoms with Gasteiger partial charge in [-0.1, -0.05) is 6.42 Å². The van der Waals surface area contributed by atoms with Crippen LogP contribution >= 0.6 is 11.6 Å². The first-order chi connectivity index (χ1) is 8.83. The van der Waals surface area contributed by atoms with E-state index in [0.717, 1.165) is 12.5 Å². The molecule has 0 bridgehead atoms. The van der Waals surface area contributed by atoms with Gasteiger partial charge in [-0.25, -0.2) is 17.2 Å². The molecule has 6 heteroatoms. The molecule has 1 fully saturated rings. The number of hydrogen-bond acceptors (Lipinski definition) is 2. The molecule has 1 saturated heterocycles. The topological polar surface area (TPSA) is 34.1 Å². The summed E-state index contributed by atoms with van der Waals surface area (Å²) in [5.41, 5.74) is 0.325. The van der Waals surface area contributed by atoms with E-state index in [1.165, 1.54) is 13.0 Å². The van der Waals surface area contributed by atoms with Crippen LogP contribution in [0.1, 0.15) is 35.8 Å². The summed E-state index contributed by atoms with van der Waals surface area (Å²) in [4.78, 5) is 0. The van der Waals surface area contributed by atoms with E-state index in [4.69, 9.17) is 11.6 Å². The van der Waals surface area contributed by atoms with Gasteiger partial charge in [0.25, 0.3) is 0 Å². The highest BCUT2D eigenvalue weighted by molar-refractivity contribution is 7.92. The summed E-state index contributed by atoms with van der Waals surface area (Å²) in [5.74, 6) is -1.36. The molecule has 1 aliphatic rings. The molecule has 106 valence electrons. The van der Waals surface area contributed by atoms with Crippen molar-refractivity contribution < 1.29 is 17.2 Å². The number of sulfone groups is 1. The lowest BCUT2D eigenvalue weighted by Crippen LogP contribution is -2.32. The molecular formula is C13H15ClF2O2S. The molecule has 2 unspecified atom stereocenters. The molecule has 0 aromatic heterocycles. The van der Waals surface area contributed by atoms with Gasteiger partial charge in [0, 0.05) is 11.6 Å². The Morgan fingerprint density at radius 1 is 1.26 bits per heavy atom. The van der Waals surface area contributed by atoms with Crippen molar-refractivity contribution >= 4 is 21.4 Å². The maximum atomic E-state index is 13.8. The summed E-state index contributed by atoms with van der Waals surface area (Å²) < 4.78 is 50.9. The van der Waals surface area contributed by atoms with Crippen molar-refractivity contribution in [1.29, 1.82) is 0 Å². The van der Waals surface area contributed by atoms with Gasteiger partial charge in [-0.2, -0.15) is 0 Å². The Morgan fingerprint density at radius 2 is 1.95 bits per heavy atom. The molecule has 1 heterocycles. The summed E-state index contributed by atoms with van der Waals surface area (Å²) in [6.45, 7) is 1.50. The Hall–Kier alpha value is -0.680. The van der Waals surface area contributed by atoms with E-state index in [2.05, 4.69) is 0 Å². The molecule has 0 aliphatic carbocycles. The Balaban J connectivity index is 2.39. The predicted octanol–water partition coefficient (Wildman–Crippen LogP) is 3.52. The van der Waals surface area contributed by atoms with Crippen LogP contribution in [0.25, 0.3) is 0 Å². The molecule has 0 amide bonds. The van der Waals surface area contributed by atoms with Gasteiger partial charge in [0.2, 0.25) is 0 Å². The maximum absolute atomic E-state index is 13.8. The number of alkyl halides is 1. The second kappa shape index (κ2) is 5.37. The predicted molar refractivity (Wildman–Crippen MR) is 71.1 cm³/mol. The first-order valence-electron chi connectivity index (χ1n) is 6.14. The van der Waals surface area contributed by atoms with Crippen LogP contribution in [0, 0.1) is 18.6 Å². The van der Waals surface area contributed by atoms with Crippen LogP contribution in [0.15, 0.2) is 12.1 Å². The van der Waals surface area contributed by atoms with E-state index in [9.17, 15) is 17.2 Å². The molecule has 2 rings (SSSR count). The zero-order valence-corrected chi connectivity index (χ0v) is 12.1. The fourth-order valence-corrected chi connectivity index (χ4v) is 5.11. The molecule has 0 spiro atoms. The highest BCUT2D eigenvalue weighted by Gasteiger charge is 2.36. The standard InChI is InChI=1S/C13H15ClF2O2S/c1-8-6-9(11(16)7-10(8)15)13(14)12-4-2-3-5-19(12,17)18/h6-7,12-13H,2-5H2,1H3. The molecule has 1 aromatic rings. The molecule has 0 radical (unpaired) electrons. The molecule has 1 aromatic carbocycles. The van der Waals surface area contributed by atoms with Gasteiger partial charge in [-0.05, 0) is 31.4 Å². The Kier molecular flexibility index (Phi) is 4.16. The largest absolute Gasteiger partial charge is 0.228 e. The molecule has 2 nitrogen and oxygen atoms in total. The van der Waals surface area contributed by atoms with Crippen molar-refractivity contribution in [2.75, 3.05) is 5.75 Å². The van der Waals surface area contributed by atoms with Gasteiger partial charge in [-0.15, -0.1) is 11.6 Å². The number of benzene rings is 1. The third-order valence-electron chi connectivity index (χ3n) is 3.53. The van der Waals surface area contributed by atoms with Crippen LogP contribution in [-0.4, -0.2) is 19.4 Å². The number of hydrogen-bond donors (Lipinski definition) is 0. The third kappa shape index (κ3) is 2.92. The summed E-state index contributed by atoms with van der Waals surface area (Å²) >= 11 is 6.16. The molecule has 19 heavy (non-hydrogen) atoms. The van der Waals surface area contributed by atoms with E-state index < -0.39 is 32.1 Å². The van der Waals surface area contributed by atoms with Gasteiger partial charge < -0.3 is 0 Å². The van der Waals surface area contributed by atoms with E-state index >= 15 is 0 Å². The second-order valence-corrected chi connectivity index (χ2v) is 7.74. The van der Waals surface area contributed by atoms with Crippen LogP contribution in [0.4, 0.5) is 8.78 Å². The lowest BCUT2D eigenvalue weighted by atomic mass is 10.0. The van der Waals surface area contributed by atoms with Crippen LogP contribution in [-0.2, 0) is 9.84 Å². The zero-order valence-electron chi connectivity index (χ0n) is 10.5. The number of halogens is 3. The van der Waals surface area contributed by atoms with Crippen molar-refractivity contribution in [2.45, 2.75) is 36.8 Å². The number of aryl methyl sites for hydroxylation is 1. The van der Waals surface area contributed by atoms with Crippen LogP contribution in [0.5, 0.6) is 0 Å². The van der Waals surface area contributed by atoms with E-state index in [0.29, 0.717) is 12.8 Å². The van der Waals surface area contributed by atoms with Crippen molar-refractivity contribution in [1.82, 2.24) is 0 Å². The lowest BCUT2D eigenvalue weighted by molar-refractivity contribution is 0.522. The summed E-state index contributed by atoms with van der Waals surface area (Å²) in [5, 5.41) is -1.76. The van der Waals surface area contributed by atoms with Crippen molar-refractivity contribution in [2.24, 2.45) is 0 Å². The van der Waals surface area contributed by atoms with Gasteiger partial charge in [-0.3, -0.25) is 0 Å². The average Bonchev–Trinajstić information content (AvgIpc) is 2.32. The fourth-order valence-electron chi connectivity index (χ4n) is 2.40. The molecular weight excluding hydrogens is 294 g/mol. The van der Waals surface area contributed by atoms with E-state index in [-0.39, 0.29) is 16.9 Å². The first-order valence-corrected chi connectivity index (χ1v) is 8.29.